The van der Waals surface area contributed by atoms with Crippen LogP contribution in [0.1, 0.15) is 44.3 Å². The maximum atomic E-state index is 14.0. The molecule has 0 bridgehead atoms. The molecule has 1 aromatic rings. The molecule has 2 rings (SSSR count). The molecule has 0 aliphatic heterocycles. The van der Waals surface area contributed by atoms with E-state index in [0.29, 0.717) is 17.2 Å². The van der Waals surface area contributed by atoms with Crippen LogP contribution in [0.15, 0.2) is 18.2 Å². The van der Waals surface area contributed by atoms with Crippen LogP contribution in [0.2, 0.25) is 0 Å². The summed E-state index contributed by atoms with van der Waals surface area (Å²) in [6.07, 6.45) is 4.42. The van der Waals surface area contributed by atoms with Crippen LogP contribution < -0.4 is 4.90 Å². The first kappa shape index (κ1) is 13.3. The normalized spacial score (nSPS) is 18.0. The van der Waals surface area contributed by atoms with Crippen LogP contribution in [-0.2, 0) is 0 Å². The number of para-hydroxylation sites is 1. The molecule has 1 saturated carbocycles. The van der Waals surface area contributed by atoms with E-state index in [1.54, 1.807) is 19.1 Å². The van der Waals surface area contributed by atoms with E-state index < -0.39 is 6.10 Å². The summed E-state index contributed by atoms with van der Waals surface area (Å²) in [7, 11) is 1.92. The standard InChI is InChI=1S/C15H22FNO/c1-11(18)13-8-5-9-14(16)15(13)17(2)10-12-6-3-4-7-12/h5,8-9,11-12,18H,3-4,6-7,10H2,1-2H3. The van der Waals surface area contributed by atoms with Crippen LogP contribution in [0.4, 0.5) is 10.1 Å². The quantitative estimate of drug-likeness (QED) is 0.885. The van der Waals surface area contributed by atoms with Crippen molar-refractivity contribution in [3.63, 3.8) is 0 Å². The van der Waals surface area contributed by atoms with E-state index >= 15 is 0 Å². The Kier molecular flexibility index (Phi) is 4.23. The molecular weight excluding hydrogens is 229 g/mol. The Balaban J connectivity index is 2.19. The number of hydrogen-bond donors (Lipinski definition) is 1. The van der Waals surface area contributed by atoms with Gasteiger partial charge in [0.2, 0.25) is 0 Å². The summed E-state index contributed by atoms with van der Waals surface area (Å²) in [5, 5.41) is 9.75. The molecule has 100 valence electrons. The second-order valence-corrected chi connectivity index (χ2v) is 5.38. The van der Waals surface area contributed by atoms with Crippen molar-refractivity contribution >= 4 is 5.69 Å². The molecule has 1 N–H and O–H groups in total. The fraction of sp³-hybridized carbons (Fsp3) is 0.600. The van der Waals surface area contributed by atoms with Gasteiger partial charge in [-0.15, -0.1) is 0 Å². The minimum Gasteiger partial charge on any atom is -0.389 e. The summed E-state index contributed by atoms with van der Waals surface area (Å²) in [5.74, 6) is 0.422. The maximum absolute atomic E-state index is 14.0. The van der Waals surface area contributed by atoms with Gasteiger partial charge in [-0.25, -0.2) is 4.39 Å². The molecule has 1 aliphatic rings. The molecule has 0 aromatic heterocycles. The summed E-state index contributed by atoms with van der Waals surface area (Å²) in [6, 6.07) is 4.92. The Bertz CT molecular complexity index is 399. The van der Waals surface area contributed by atoms with E-state index in [2.05, 4.69) is 0 Å². The molecule has 1 atom stereocenters. The summed E-state index contributed by atoms with van der Waals surface area (Å²) in [5.41, 5.74) is 1.23. The highest BCUT2D eigenvalue weighted by atomic mass is 19.1. The Hall–Kier alpha value is -1.09. The Labute approximate surface area is 108 Å². The summed E-state index contributed by atoms with van der Waals surface area (Å²) in [4.78, 5) is 1.97. The number of rotatable bonds is 4. The molecule has 0 spiro atoms. The average molecular weight is 251 g/mol. The molecule has 1 unspecified atom stereocenters. The lowest BCUT2D eigenvalue weighted by Crippen LogP contribution is -2.26. The Morgan fingerprint density at radius 2 is 2.06 bits per heavy atom. The smallest absolute Gasteiger partial charge is 0.146 e. The number of benzene rings is 1. The molecule has 1 fully saturated rings. The number of anilines is 1. The predicted molar refractivity (Wildman–Crippen MR) is 72.3 cm³/mol. The van der Waals surface area contributed by atoms with Gasteiger partial charge < -0.3 is 10.0 Å². The van der Waals surface area contributed by atoms with Crippen molar-refractivity contribution in [2.75, 3.05) is 18.5 Å². The van der Waals surface area contributed by atoms with Crippen LogP contribution in [0.5, 0.6) is 0 Å². The highest BCUT2D eigenvalue weighted by Crippen LogP contribution is 2.31. The minimum atomic E-state index is -0.637. The largest absolute Gasteiger partial charge is 0.389 e. The third kappa shape index (κ3) is 2.83. The molecule has 3 heteroatoms. The Morgan fingerprint density at radius 3 is 2.67 bits per heavy atom. The molecule has 18 heavy (non-hydrogen) atoms. The second-order valence-electron chi connectivity index (χ2n) is 5.38. The van der Waals surface area contributed by atoms with Gasteiger partial charge in [0.05, 0.1) is 11.8 Å². The van der Waals surface area contributed by atoms with E-state index in [4.69, 9.17) is 0 Å². The first-order chi connectivity index (χ1) is 8.59. The van der Waals surface area contributed by atoms with Crippen molar-refractivity contribution in [1.29, 1.82) is 0 Å². The molecule has 0 amide bonds. The summed E-state index contributed by atoms with van der Waals surface area (Å²) >= 11 is 0. The van der Waals surface area contributed by atoms with E-state index in [1.165, 1.54) is 31.7 Å². The molecular formula is C15H22FNO. The maximum Gasteiger partial charge on any atom is 0.146 e. The van der Waals surface area contributed by atoms with Crippen LogP contribution in [0, 0.1) is 11.7 Å². The van der Waals surface area contributed by atoms with Gasteiger partial charge in [-0.3, -0.25) is 0 Å². The molecule has 0 heterocycles. The van der Waals surface area contributed by atoms with Crippen molar-refractivity contribution in [3.05, 3.63) is 29.6 Å². The zero-order valence-corrected chi connectivity index (χ0v) is 11.2. The zero-order valence-electron chi connectivity index (χ0n) is 11.2. The Morgan fingerprint density at radius 1 is 1.39 bits per heavy atom. The van der Waals surface area contributed by atoms with Gasteiger partial charge >= 0.3 is 0 Å². The van der Waals surface area contributed by atoms with Crippen molar-refractivity contribution in [1.82, 2.24) is 0 Å². The summed E-state index contributed by atoms with van der Waals surface area (Å²) < 4.78 is 14.0. The number of aliphatic hydroxyl groups is 1. The molecule has 0 saturated heterocycles. The molecule has 2 nitrogen and oxygen atoms in total. The van der Waals surface area contributed by atoms with Gasteiger partial charge in [0.15, 0.2) is 0 Å². The fourth-order valence-electron chi connectivity index (χ4n) is 2.94. The van der Waals surface area contributed by atoms with Crippen molar-refractivity contribution in [3.8, 4) is 0 Å². The SMILES string of the molecule is CC(O)c1cccc(F)c1N(C)CC1CCCC1. The summed E-state index contributed by atoms with van der Waals surface area (Å²) in [6.45, 7) is 2.56. The van der Waals surface area contributed by atoms with Gasteiger partial charge in [0.25, 0.3) is 0 Å². The van der Waals surface area contributed by atoms with E-state index in [9.17, 15) is 9.50 Å². The number of halogens is 1. The third-order valence-electron chi connectivity index (χ3n) is 3.86. The number of aliphatic hydroxyl groups excluding tert-OH is 1. The van der Waals surface area contributed by atoms with Crippen LogP contribution in [0.3, 0.4) is 0 Å². The highest BCUT2D eigenvalue weighted by Gasteiger charge is 2.21. The van der Waals surface area contributed by atoms with Gasteiger partial charge in [-0.1, -0.05) is 25.0 Å². The first-order valence-corrected chi connectivity index (χ1v) is 6.77. The fourth-order valence-corrected chi connectivity index (χ4v) is 2.94. The van der Waals surface area contributed by atoms with Crippen molar-refractivity contribution in [2.45, 2.75) is 38.7 Å². The van der Waals surface area contributed by atoms with Crippen LogP contribution in [-0.4, -0.2) is 18.7 Å². The first-order valence-electron chi connectivity index (χ1n) is 6.77. The lowest BCUT2D eigenvalue weighted by Gasteiger charge is -2.26. The topological polar surface area (TPSA) is 23.5 Å². The zero-order chi connectivity index (χ0) is 13.1. The number of nitrogens with zero attached hydrogens (tertiary/aromatic N) is 1. The number of hydrogen-bond acceptors (Lipinski definition) is 2. The van der Waals surface area contributed by atoms with E-state index in [-0.39, 0.29) is 5.82 Å². The van der Waals surface area contributed by atoms with E-state index in [0.717, 1.165) is 6.54 Å². The average Bonchev–Trinajstić information content (AvgIpc) is 2.81. The van der Waals surface area contributed by atoms with Crippen molar-refractivity contribution < 1.29 is 9.50 Å². The van der Waals surface area contributed by atoms with Gasteiger partial charge in [0, 0.05) is 19.2 Å². The molecule has 1 aliphatic carbocycles. The van der Waals surface area contributed by atoms with Crippen LogP contribution >= 0.6 is 0 Å². The van der Waals surface area contributed by atoms with Crippen molar-refractivity contribution in [2.24, 2.45) is 5.92 Å². The second kappa shape index (κ2) is 5.70. The lowest BCUT2D eigenvalue weighted by molar-refractivity contribution is 0.199. The monoisotopic (exact) mass is 251 g/mol. The van der Waals surface area contributed by atoms with Crippen LogP contribution in [0.25, 0.3) is 0 Å². The highest BCUT2D eigenvalue weighted by molar-refractivity contribution is 5.55. The van der Waals surface area contributed by atoms with E-state index in [1.807, 2.05) is 11.9 Å². The predicted octanol–water partition coefficient (Wildman–Crippen LogP) is 3.51. The molecule has 0 radical (unpaired) electrons. The van der Waals surface area contributed by atoms with Gasteiger partial charge in [-0.05, 0) is 31.7 Å². The lowest BCUT2D eigenvalue weighted by atomic mass is 10.0. The third-order valence-corrected chi connectivity index (χ3v) is 3.86. The van der Waals surface area contributed by atoms with Gasteiger partial charge in [0.1, 0.15) is 5.82 Å². The van der Waals surface area contributed by atoms with Gasteiger partial charge in [-0.2, -0.15) is 0 Å². The molecule has 1 aromatic carbocycles. The minimum absolute atomic E-state index is 0.242.